The van der Waals surface area contributed by atoms with Crippen LogP contribution in [-0.2, 0) is 0 Å². The minimum atomic E-state index is 0.394. The van der Waals surface area contributed by atoms with Crippen molar-refractivity contribution in [2.45, 2.75) is 13.8 Å². The summed E-state index contributed by atoms with van der Waals surface area (Å²) < 4.78 is 0. The number of halogens is 3. The lowest BCUT2D eigenvalue weighted by atomic mass is 10.1. The minimum absolute atomic E-state index is 0.394. The molecule has 3 nitrogen and oxygen atoms in total. The molecule has 0 radical (unpaired) electrons. The highest BCUT2D eigenvalue weighted by molar-refractivity contribution is 7.80. The molecular formula is C15H14Cl3N3S. The van der Waals surface area contributed by atoms with Crippen molar-refractivity contribution in [1.29, 1.82) is 0 Å². The van der Waals surface area contributed by atoms with Crippen molar-refractivity contribution in [3.63, 3.8) is 0 Å². The van der Waals surface area contributed by atoms with Crippen molar-refractivity contribution < 1.29 is 0 Å². The van der Waals surface area contributed by atoms with Gasteiger partial charge in [-0.05, 0) is 61.5 Å². The van der Waals surface area contributed by atoms with E-state index in [0.29, 0.717) is 25.9 Å². The van der Waals surface area contributed by atoms with Crippen molar-refractivity contribution in [3.05, 3.63) is 56.5 Å². The Morgan fingerprint density at radius 3 is 2.18 bits per heavy atom. The Kier molecular flexibility index (Phi) is 5.75. The molecule has 0 bridgehead atoms. The summed E-state index contributed by atoms with van der Waals surface area (Å²) in [7, 11) is 0. The molecule has 0 aliphatic heterocycles. The Bertz CT molecular complexity index is 696. The first-order valence-corrected chi connectivity index (χ1v) is 7.96. The van der Waals surface area contributed by atoms with Crippen LogP contribution in [0.1, 0.15) is 11.1 Å². The number of hydrogen-bond acceptors (Lipinski definition) is 2. The van der Waals surface area contributed by atoms with E-state index < -0.39 is 0 Å². The molecule has 2 aromatic carbocycles. The Hall–Kier alpha value is -1.20. The van der Waals surface area contributed by atoms with Gasteiger partial charge < -0.3 is 5.32 Å². The summed E-state index contributed by atoms with van der Waals surface area (Å²) >= 11 is 23.3. The second-order valence-electron chi connectivity index (χ2n) is 4.75. The van der Waals surface area contributed by atoms with E-state index in [0.717, 1.165) is 5.69 Å². The van der Waals surface area contributed by atoms with Gasteiger partial charge in [0.05, 0.1) is 15.7 Å². The molecule has 2 rings (SSSR count). The molecule has 0 heterocycles. The van der Waals surface area contributed by atoms with E-state index in [2.05, 4.69) is 23.1 Å². The normalized spacial score (nSPS) is 10.2. The maximum absolute atomic E-state index is 6.08. The van der Waals surface area contributed by atoms with E-state index in [9.17, 15) is 0 Å². The molecule has 7 heteroatoms. The van der Waals surface area contributed by atoms with Crippen molar-refractivity contribution in [3.8, 4) is 0 Å². The predicted octanol–water partition coefficient (Wildman–Crippen LogP) is 5.58. The largest absolute Gasteiger partial charge is 0.331 e. The van der Waals surface area contributed by atoms with Crippen LogP contribution in [0.4, 0.5) is 11.4 Å². The Morgan fingerprint density at radius 1 is 0.955 bits per heavy atom. The van der Waals surface area contributed by atoms with Crippen LogP contribution in [0, 0.1) is 13.8 Å². The van der Waals surface area contributed by atoms with Gasteiger partial charge in [0.1, 0.15) is 0 Å². The summed E-state index contributed by atoms with van der Waals surface area (Å²) in [5, 5.41) is 4.74. The van der Waals surface area contributed by atoms with Crippen molar-refractivity contribution >= 4 is 63.5 Å². The predicted molar refractivity (Wildman–Crippen MR) is 100 cm³/mol. The molecule has 0 amide bonds. The lowest BCUT2D eigenvalue weighted by Crippen LogP contribution is -2.33. The molecule has 116 valence electrons. The van der Waals surface area contributed by atoms with Crippen molar-refractivity contribution in [2.75, 3.05) is 10.7 Å². The summed E-state index contributed by atoms with van der Waals surface area (Å²) in [6, 6.07) is 9.20. The van der Waals surface area contributed by atoms with Crippen LogP contribution >= 0.6 is 47.0 Å². The summed E-state index contributed by atoms with van der Waals surface area (Å²) in [6.07, 6.45) is 0. The topological polar surface area (TPSA) is 36.1 Å². The van der Waals surface area contributed by atoms with Crippen LogP contribution in [0.25, 0.3) is 0 Å². The zero-order valence-electron chi connectivity index (χ0n) is 11.9. The summed E-state index contributed by atoms with van der Waals surface area (Å²) in [4.78, 5) is 0. The first-order valence-electron chi connectivity index (χ1n) is 6.41. The number of hydrazine groups is 1. The second kappa shape index (κ2) is 7.38. The van der Waals surface area contributed by atoms with E-state index in [1.807, 2.05) is 25.1 Å². The molecule has 0 aromatic heterocycles. The molecule has 0 saturated heterocycles. The van der Waals surface area contributed by atoms with Gasteiger partial charge in [-0.25, -0.2) is 0 Å². The van der Waals surface area contributed by atoms with Crippen LogP contribution in [0.2, 0.25) is 15.1 Å². The van der Waals surface area contributed by atoms with E-state index in [1.165, 1.54) is 11.1 Å². The maximum atomic E-state index is 6.08. The number of benzene rings is 2. The Morgan fingerprint density at radius 2 is 1.59 bits per heavy atom. The van der Waals surface area contributed by atoms with Crippen LogP contribution in [-0.4, -0.2) is 5.11 Å². The number of hydrogen-bond donors (Lipinski definition) is 3. The zero-order chi connectivity index (χ0) is 16.3. The van der Waals surface area contributed by atoms with Crippen molar-refractivity contribution in [1.82, 2.24) is 5.43 Å². The Labute approximate surface area is 149 Å². The molecular weight excluding hydrogens is 361 g/mol. The van der Waals surface area contributed by atoms with E-state index >= 15 is 0 Å². The van der Waals surface area contributed by atoms with Crippen LogP contribution in [0.5, 0.6) is 0 Å². The molecule has 0 atom stereocenters. The quantitative estimate of drug-likeness (QED) is 0.484. The molecule has 22 heavy (non-hydrogen) atoms. The maximum Gasteiger partial charge on any atom is 0.189 e. The third kappa shape index (κ3) is 4.40. The number of nitrogens with one attached hydrogen (secondary N) is 3. The molecule has 0 saturated carbocycles. The third-order valence-electron chi connectivity index (χ3n) is 3.07. The standard InChI is InChI=1S/C15H14Cl3N3S/c1-8-3-4-11(5-9(8)2)19-15(22)21-20-14-12(17)6-10(16)7-13(14)18/h3-7,20H,1-2H3,(H2,19,21,22). The summed E-state index contributed by atoms with van der Waals surface area (Å²) in [5.41, 5.74) is 9.54. The van der Waals surface area contributed by atoms with Gasteiger partial charge in [0.15, 0.2) is 5.11 Å². The van der Waals surface area contributed by atoms with Gasteiger partial charge in [-0.1, -0.05) is 40.9 Å². The van der Waals surface area contributed by atoms with Gasteiger partial charge in [0, 0.05) is 10.7 Å². The molecule has 0 aliphatic carbocycles. The van der Waals surface area contributed by atoms with Crippen molar-refractivity contribution in [2.24, 2.45) is 0 Å². The lowest BCUT2D eigenvalue weighted by molar-refractivity contribution is 1.14. The average molecular weight is 375 g/mol. The highest BCUT2D eigenvalue weighted by Crippen LogP contribution is 2.33. The highest BCUT2D eigenvalue weighted by Gasteiger charge is 2.08. The van der Waals surface area contributed by atoms with Crippen LogP contribution < -0.4 is 16.2 Å². The lowest BCUT2D eigenvalue weighted by Gasteiger charge is -2.15. The van der Waals surface area contributed by atoms with Gasteiger partial charge in [-0.2, -0.15) is 0 Å². The van der Waals surface area contributed by atoms with Gasteiger partial charge in [-0.3, -0.25) is 10.9 Å². The molecule has 0 fully saturated rings. The minimum Gasteiger partial charge on any atom is -0.331 e. The molecule has 0 aliphatic rings. The van der Waals surface area contributed by atoms with E-state index in [4.69, 9.17) is 47.0 Å². The summed E-state index contributed by atoms with van der Waals surface area (Å²) in [5.74, 6) is 0. The van der Waals surface area contributed by atoms with Gasteiger partial charge in [0.25, 0.3) is 0 Å². The molecule has 0 spiro atoms. The first kappa shape index (κ1) is 17.2. The highest BCUT2D eigenvalue weighted by atomic mass is 35.5. The van der Waals surface area contributed by atoms with E-state index in [-0.39, 0.29) is 0 Å². The van der Waals surface area contributed by atoms with Gasteiger partial charge in [0.2, 0.25) is 0 Å². The number of anilines is 2. The molecule has 2 aromatic rings. The second-order valence-corrected chi connectivity index (χ2v) is 6.41. The van der Waals surface area contributed by atoms with Crippen LogP contribution in [0.3, 0.4) is 0 Å². The van der Waals surface area contributed by atoms with Gasteiger partial charge in [-0.15, -0.1) is 0 Å². The Balaban J connectivity index is 2.00. The zero-order valence-corrected chi connectivity index (χ0v) is 15.0. The fourth-order valence-corrected chi connectivity index (χ4v) is 2.84. The SMILES string of the molecule is Cc1ccc(NC(=S)NNc2c(Cl)cc(Cl)cc2Cl)cc1C. The average Bonchev–Trinajstić information content (AvgIpc) is 2.41. The summed E-state index contributed by atoms with van der Waals surface area (Å²) in [6.45, 7) is 4.10. The smallest absolute Gasteiger partial charge is 0.189 e. The van der Waals surface area contributed by atoms with E-state index in [1.54, 1.807) is 12.1 Å². The van der Waals surface area contributed by atoms with Gasteiger partial charge >= 0.3 is 0 Å². The number of thiocarbonyl (C=S) groups is 1. The third-order valence-corrected chi connectivity index (χ3v) is 4.09. The van der Waals surface area contributed by atoms with Crippen LogP contribution in [0.15, 0.2) is 30.3 Å². The number of rotatable bonds is 3. The molecule has 0 unspecified atom stereocenters. The molecule has 3 N–H and O–H groups in total. The first-order chi connectivity index (χ1) is 10.4. The number of aryl methyl sites for hydroxylation is 2. The fraction of sp³-hybridized carbons (Fsp3) is 0.133. The fourth-order valence-electron chi connectivity index (χ4n) is 1.76. The monoisotopic (exact) mass is 373 g/mol.